The van der Waals surface area contributed by atoms with Gasteiger partial charge >= 0.3 is 0 Å². The number of carbonyl (C=O) groups excluding carboxylic acids is 1. The molecule has 0 radical (unpaired) electrons. The number of H-pyrrole nitrogens is 1. The lowest BCUT2D eigenvalue weighted by Gasteiger charge is -2.25. The number of aromatic amines is 1. The number of nitrogens with zero attached hydrogens (tertiary/aromatic N) is 3. The molecule has 0 aliphatic carbocycles. The van der Waals surface area contributed by atoms with Gasteiger partial charge in [-0.1, -0.05) is 18.2 Å². The number of nitrogens with one attached hydrogen (secondary N) is 1. The van der Waals surface area contributed by atoms with Crippen LogP contribution in [0.1, 0.15) is 29.9 Å². The van der Waals surface area contributed by atoms with Crippen molar-refractivity contribution in [2.45, 2.75) is 25.9 Å². The molecule has 7 heteroatoms. The number of benzene rings is 1. The molecule has 4 rings (SSSR count). The van der Waals surface area contributed by atoms with Crippen molar-refractivity contribution < 1.29 is 9.21 Å². The Morgan fingerprint density at radius 1 is 1.07 bits per heavy atom. The van der Waals surface area contributed by atoms with Crippen molar-refractivity contribution in [1.82, 2.24) is 20.1 Å². The maximum Gasteiger partial charge on any atom is 0.272 e. The Morgan fingerprint density at radius 2 is 1.83 bits per heavy atom. The maximum absolute atomic E-state index is 13.4. The molecule has 0 aliphatic rings. The molecule has 0 aliphatic heterocycles. The van der Waals surface area contributed by atoms with Gasteiger partial charge in [-0.3, -0.25) is 14.6 Å². The van der Waals surface area contributed by atoms with E-state index in [-0.39, 0.29) is 11.5 Å². The minimum Gasteiger partial charge on any atom is -0.467 e. The molecule has 7 nitrogen and oxygen atoms in total. The van der Waals surface area contributed by atoms with Crippen LogP contribution in [-0.2, 0) is 17.9 Å². The summed E-state index contributed by atoms with van der Waals surface area (Å²) >= 11 is 0. The zero-order chi connectivity index (χ0) is 20.2. The van der Waals surface area contributed by atoms with Gasteiger partial charge in [0.2, 0.25) is 5.91 Å². The number of furan rings is 1. The molecular weight excluding hydrogens is 368 g/mol. The highest BCUT2D eigenvalue weighted by atomic mass is 16.3. The third-order valence-corrected chi connectivity index (χ3v) is 4.87. The second-order valence-corrected chi connectivity index (χ2v) is 6.83. The van der Waals surface area contributed by atoms with Crippen LogP contribution >= 0.6 is 0 Å². The van der Waals surface area contributed by atoms with Crippen LogP contribution in [0.4, 0.5) is 0 Å². The van der Waals surface area contributed by atoms with Crippen molar-refractivity contribution in [3.8, 4) is 0 Å². The first-order chi connectivity index (χ1) is 14.1. The van der Waals surface area contributed by atoms with E-state index in [1.165, 1.54) is 0 Å². The molecule has 3 heterocycles. The molecular formula is C22H20N4O3. The van der Waals surface area contributed by atoms with Gasteiger partial charge < -0.3 is 9.32 Å². The first kappa shape index (κ1) is 18.6. The Balaban J connectivity index is 1.68. The highest BCUT2D eigenvalue weighted by molar-refractivity contribution is 5.91. The fraction of sp³-hybridized carbons (Fsp3) is 0.182. The van der Waals surface area contributed by atoms with Gasteiger partial charge in [-0.25, -0.2) is 5.10 Å². The predicted molar refractivity (Wildman–Crippen MR) is 108 cm³/mol. The molecule has 1 atom stereocenters. The summed E-state index contributed by atoms with van der Waals surface area (Å²) in [5, 5.41) is 7.90. The molecule has 0 saturated heterocycles. The Bertz CT molecular complexity index is 1170. The smallest absolute Gasteiger partial charge is 0.272 e. The Labute approximate surface area is 167 Å². The number of carbonyl (C=O) groups is 1. The predicted octanol–water partition coefficient (Wildman–Crippen LogP) is 3.24. The standard InChI is InChI=1S/C22H20N4O3/c1-15(20-18-6-2-3-7-19(18)21(27)25-24-20)22(28)26(14-17-5-4-12-29-17)13-16-8-10-23-11-9-16/h2-12,15H,13-14H2,1H3,(H,25,27). The SMILES string of the molecule is CC(C(=O)N(Cc1ccncc1)Cc1ccco1)c1n[nH]c(=O)c2ccccc12. The van der Waals surface area contributed by atoms with Crippen LogP contribution in [0.2, 0.25) is 0 Å². The van der Waals surface area contributed by atoms with Crippen LogP contribution in [0.15, 0.2) is 76.4 Å². The van der Waals surface area contributed by atoms with Gasteiger partial charge in [-0.15, -0.1) is 0 Å². The minimum absolute atomic E-state index is 0.108. The summed E-state index contributed by atoms with van der Waals surface area (Å²) in [7, 11) is 0. The average Bonchev–Trinajstić information content (AvgIpc) is 3.27. The summed E-state index contributed by atoms with van der Waals surface area (Å²) in [5.41, 5.74) is 1.24. The first-order valence-corrected chi connectivity index (χ1v) is 9.31. The lowest BCUT2D eigenvalue weighted by Crippen LogP contribution is -2.34. The second kappa shape index (κ2) is 8.10. The molecule has 1 amide bonds. The fourth-order valence-corrected chi connectivity index (χ4v) is 3.37. The normalized spacial score (nSPS) is 12.0. The first-order valence-electron chi connectivity index (χ1n) is 9.31. The molecule has 0 saturated carbocycles. The molecule has 0 spiro atoms. The van der Waals surface area contributed by atoms with Gasteiger partial charge in [-0.05, 0) is 42.8 Å². The number of fused-ring (bicyclic) bond motifs is 1. The quantitative estimate of drug-likeness (QED) is 0.547. The Kier molecular flexibility index (Phi) is 5.20. The lowest BCUT2D eigenvalue weighted by atomic mass is 10.00. The van der Waals surface area contributed by atoms with Crippen molar-refractivity contribution in [1.29, 1.82) is 0 Å². The number of aromatic nitrogens is 3. The lowest BCUT2D eigenvalue weighted by molar-refractivity contribution is -0.134. The summed E-state index contributed by atoms with van der Waals surface area (Å²) in [6.45, 7) is 2.55. The highest BCUT2D eigenvalue weighted by Crippen LogP contribution is 2.24. The summed E-state index contributed by atoms with van der Waals surface area (Å²) in [4.78, 5) is 31.3. The van der Waals surface area contributed by atoms with E-state index < -0.39 is 5.92 Å². The van der Waals surface area contributed by atoms with Crippen molar-refractivity contribution in [2.24, 2.45) is 0 Å². The zero-order valence-corrected chi connectivity index (χ0v) is 15.9. The third kappa shape index (κ3) is 3.94. The highest BCUT2D eigenvalue weighted by Gasteiger charge is 2.26. The second-order valence-electron chi connectivity index (χ2n) is 6.83. The van der Waals surface area contributed by atoms with E-state index in [4.69, 9.17) is 4.42 Å². The Morgan fingerprint density at radius 3 is 2.55 bits per heavy atom. The van der Waals surface area contributed by atoms with E-state index in [1.54, 1.807) is 48.7 Å². The summed E-state index contributed by atoms with van der Waals surface area (Å²) in [6, 6.07) is 14.6. The zero-order valence-electron chi connectivity index (χ0n) is 15.9. The summed E-state index contributed by atoms with van der Waals surface area (Å²) < 4.78 is 5.45. The molecule has 0 fully saturated rings. The van der Waals surface area contributed by atoms with Crippen LogP contribution < -0.4 is 5.56 Å². The van der Waals surface area contributed by atoms with E-state index in [2.05, 4.69) is 15.2 Å². The van der Waals surface area contributed by atoms with Crippen molar-refractivity contribution in [2.75, 3.05) is 0 Å². The topological polar surface area (TPSA) is 92.1 Å². The Hall–Kier alpha value is -3.74. The van der Waals surface area contributed by atoms with E-state index in [0.29, 0.717) is 35.3 Å². The van der Waals surface area contributed by atoms with Gasteiger partial charge in [0.05, 0.1) is 29.8 Å². The average molecular weight is 388 g/mol. The molecule has 1 aromatic carbocycles. The van der Waals surface area contributed by atoms with Gasteiger partial charge in [0, 0.05) is 24.3 Å². The molecule has 1 N–H and O–H groups in total. The van der Waals surface area contributed by atoms with E-state index >= 15 is 0 Å². The van der Waals surface area contributed by atoms with Gasteiger partial charge in [0.25, 0.3) is 5.56 Å². The largest absolute Gasteiger partial charge is 0.467 e. The van der Waals surface area contributed by atoms with Gasteiger partial charge in [-0.2, -0.15) is 5.10 Å². The monoisotopic (exact) mass is 388 g/mol. The van der Waals surface area contributed by atoms with Crippen LogP contribution in [-0.4, -0.2) is 26.0 Å². The molecule has 3 aromatic heterocycles. The number of hydrogen-bond donors (Lipinski definition) is 1. The van der Waals surface area contributed by atoms with Crippen LogP contribution in [0, 0.1) is 0 Å². The summed E-state index contributed by atoms with van der Waals surface area (Å²) in [5.74, 6) is 0.0374. The number of amides is 1. The minimum atomic E-state index is -0.548. The van der Waals surface area contributed by atoms with Crippen LogP contribution in [0.3, 0.4) is 0 Å². The molecule has 1 unspecified atom stereocenters. The van der Waals surface area contributed by atoms with Crippen molar-refractivity contribution in [3.63, 3.8) is 0 Å². The van der Waals surface area contributed by atoms with Crippen molar-refractivity contribution >= 4 is 16.7 Å². The molecule has 0 bridgehead atoms. The maximum atomic E-state index is 13.4. The fourth-order valence-electron chi connectivity index (χ4n) is 3.37. The number of rotatable bonds is 6. The van der Waals surface area contributed by atoms with E-state index in [9.17, 15) is 9.59 Å². The molecule has 146 valence electrons. The third-order valence-electron chi connectivity index (χ3n) is 4.87. The number of hydrogen-bond acceptors (Lipinski definition) is 5. The van der Waals surface area contributed by atoms with E-state index in [1.807, 2.05) is 30.3 Å². The van der Waals surface area contributed by atoms with Gasteiger partial charge in [0.1, 0.15) is 5.76 Å². The molecule has 29 heavy (non-hydrogen) atoms. The van der Waals surface area contributed by atoms with E-state index in [0.717, 1.165) is 5.56 Å². The molecule has 4 aromatic rings. The van der Waals surface area contributed by atoms with Crippen molar-refractivity contribution in [3.05, 3.63) is 94.6 Å². The van der Waals surface area contributed by atoms with Gasteiger partial charge in [0.15, 0.2) is 0 Å². The van der Waals surface area contributed by atoms with Crippen LogP contribution in [0.25, 0.3) is 10.8 Å². The summed E-state index contributed by atoms with van der Waals surface area (Å²) in [6.07, 6.45) is 4.99. The van der Waals surface area contributed by atoms with Crippen LogP contribution in [0.5, 0.6) is 0 Å². The number of pyridine rings is 1.